The summed E-state index contributed by atoms with van der Waals surface area (Å²) in [6.45, 7) is 3.16. The second-order valence-corrected chi connectivity index (χ2v) is 6.75. The molecule has 2 heterocycles. The highest BCUT2D eigenvalue weighted by atomic mass is 19.4. The molecule has 2 aromatic rings. The SMILES string of the molecule is Cc1c(C(=O)N2CC(N)=C(N(N)c3ccn[nH]3)CC2C)cccc1C(F)(F)F. The number of carbonyl (C=O) groups is 1. The third-order valence-electron chi connectivity index (χ3n) is 4.90. The number of hydrogen-bond donors (Lipinski definition) is 3. The van der Waals surface area contributed by atoms with Gasteiger partial charge in [0.2, 0.25) is 0 Å². The standard InChI is InChI=1S/C18H21F3N6O/c1-10-8-15(27(23)16-6-7-24-25-16)14(22)9-26(10)17(28)12-4-3-5-13(11(12)2)18(19,20)21/h3-7,10H,8-9,22-23H2,1-2H3,(H,24,25). The maximum Gasteiger partial charge on any atom is 0.416 e. The van der Waals surface area contributed by atoms with Crippen molar-refractivity contribution in [1.82, 2.24) is 15.1 Å². The number of H-pyrrole nitrogens is 1. The first kappa shape index (κ1) is 19.7. The summed E-state index contributed by atoms with van der Waals surface area (Å²) in [6, 6.07) is 4.97. The minimum absolute atomic E-state index is 0.0103. The molecule has 0 saturated heterocycles. The van der Waals surface area contributed by atoms with Crippen molar-refractivity contribution in [3.8, 4) is 0 Å². The van der Waals surface area contributed by atoms with Gasteiger partial charge in [0.1, 0.15) is 5.82 Å². The summed E-state index contributed by atoms with van der Waals surface area (Å²) in [5, 5.41) is 7.94. The summed E-state index contributed by atoms with van der Waals surface area (Å²) in [6.07, 6.45) is -2.63. The van der Waals surface area contributed by atoms with Crippen LogP contribution in [-0.2, 0) is 6.18 Å². The van der Waals surface area contributed by atoms with Gasteiger partial charge in [-0.15, -0.1) is 0 Å². The van der Waals surface area contributed by atoms with Crippen molar-refractivity contribution >= 4 is 11.7 Å². The molecule has 0 aliphatic carbocycles. The lowest BCUT2D eigenvalue weighted by Crippen LogP contribution is -2.48. The van der Waals surface area contributed by atoms with Crippen molar-refractivity contribution in [1.29, 1.82) is 0 Å². The van der Waals surface area contributed by atoms with E-state index in [1.807, 2.05) is 0 Å². The second-order valence-electron chi connectivity index (χ2n) is 6.75. The van der Waals surface area contributed by atoms with E-state index in [1.54, 1.807) is 19.2 Å². The molecule has 5 N–H and O–H groups in total. The zero-order chi connectivity index (χ0) is 20.6. The van der Waals surface area contributed by atoms with Crippen LogP contribution in [0.3, 0.4) is 0 Å². The highest BCUT2D eigenvalue weighted by Crippen LogP contribution is 2.34. The molecule has 1 aliphatic heterocycles. The van der Waals surface area contributed by atoms with Crippen molar-refractivity contribution in [2.45, 2.75) is 32.5 Å². The van der Waals surface area contributed by atoms with Crippen molar-refractivity contribution in [2.24, 2.45) is 11.6 Å². The molecule has 28 heavy (non-hydrogen) atoms. The molecule has 0 spiro atoms. The van der Waals surface area contributed by atoms with Gasteiger partial charge in [-0.05, 0) is 31.5 Å². The number of nitrogens with one attached hydrogen (secondary N) is 1. The van der Waals surface area contributed by atoms with Crippen LogP contribution in [0.2, 0.25) is 0 Å². The van der Waals surface area contributed by atoms with Gasteiger partial charge in [-0.2, -0.15) is 18.3 Å². The smallest absolute Gasteiger partial charge is 0.399 e. The Hall–Kier alpha value is -3.01. The number of benzene rings is 1. The number of amides is 1. The first-order chi connectivity index (χ1) is 13.1. The Kier molecular flexibility index (Phi) is 5.07. The van der Waals surface area contributed by atoms with Crippen molar-refractivity contribution in [3.05, 3.63) is 58.5 Å². The lowest BCUT2D eigenvalue weighted by molar-refractivity contribution is -0.138. The summed E-state index contributed by atoms with van der Waals surface area (Å²) in [5.41, 5.74) is 6.23. The van der Waals surface area contributed by atoms with Crippen LogP contribution < -0.4 is 16.6 Å². The average molecular weight is 394 g/mol. The highest BCUT2D eigenvalue weighted by Gasteiger charge is 2.36. The molecule has 1 aromatic carbocycles. The van der Waals surface area contributed by atoms with Crippen LogP contribution in [0.4, 0.5) is 19.0 Å². The quantitative estimate of drug-likeness (QED) is 0.548. The molecule has 1 aliphatic rings. The molecule has 0 saturated carbocycles. The van der Waals surface area contributed by atoms with Crippen molar-refractivity contribution < 1.29 is 18.0 Å². The number of halogens is 3. The molecule has 0 radical (unpaired) electrons. The lowest BCUT2D eigenvalue weighted by Gasteiger charge is -2.37. The number of alkyl halides is 3. The van der Waals surface area contributed by atoms with Gasteiger partial charge in [0, 0.05) is 29.8 Å². The van der Waals surface area contributed by atoms with E-state index in [1.165, 1.54) is 29.0 Å². The Morgan fingerprint density at radius 3 is 2.68 bits per heavy atom. The van der Waals surface area contributed by atoms with Gasteiger partial charge < -0.3 is 10.6 Å². The first-order valence-electron chi connectivity index (χ1n) is 8.60. The summed E-state index contributed by atoms with van der Waals surface area (Å²) in [5.74, 6) is 6.13. The topological polar surface area (TPSA) is 104 Å². The molecule has 1 amide bonds. The van der Waals surface area contributed by atoms with E-state index in [-0.39, 0.29) is 23.7 Å². The van der Waals surface area contributed by atoms with Gasteiger partial charge in [-0.25, -0.2) is 5.84 Å². The van der Waals surface area contributed by atoms with Crippen molar-refractivity contribution in [2.75, 3.05) is 11.6 Å². The number of hydrogen-bond acceptors (Lipinski definition) is 5. The van der Waals surface area contributed by atoms with Gasteiger partial charge in [0.25, 0.3) is 5.91 Å². The second kappa shape index (κ2) is 7.19. The van der Waals surface area contributed by atoms with Gasteiger partial charge in [0.15, 0.2) is 0 Å². The van der Waals surface area contributed by atoms with Crippen LogP contribution in [0.5, 0.6) is 0 Å². The molecule has 1 aromatic heterocycles. The summed E-state index contributed by atoms with van der Waals surface area (Å²) in [4.78, 5) is 14.4. The van der Waals surface area contributed by atoms with Crippen LogP contribution in [0.25, 0.3) is 0 Å². The molecule has 1 unspecified atom stereocenters. The number of hydrazine groups is 1. The summed E-state index contributed by atoms with van der Waals surface area (Å²) < 4.78 is 39.5. The van der Waals surface area contributed by atoms with Crippen LogP contribution in [-0.4, -0.2) is 33.6 Å². The molecule has 0 bridgehead atoms. The minimum atomic E-state index is -4.52. The van der Waals surface area contributed by atoms with E-state index in [0.29, 0.717) is 23.6 Å². The number of nitrogens with two attached hydrogens (primary N) is 2. The molecule has 150 valence electrons. The molecule has 1 atom stereocenters. The van der Waals surface area contributed by atoms with E-state index in [2.05, 4.69) is 10.2 Å². The van der Waals surface area contributed by atoms with Gasteiger partial charge in [-0.1, -0.05) is 6.07 Å². The number of rotatable bonds is 3. The molecule has 10 heteroatoms. The highest BCUT2D eigenvalue weighted by molar-refractivity contribution is 5.96. The average Bonchev–Trinajstić information content (AvgIpc) is 3.16. The van der Waals surface area contributed by atoms with E-state index >= 15 is 0 Å². The zero-order valence-corrected chi connectivity index (χ0v) is 15.4. The molecular weight excluding hydrogens is 373 g/mol. The van der Waals surface area contributed by atoms with E-state index in [4.69, 9.17) is 11.6 Å². The minimum Gasteiger partial charge on any atom is -0.399 e. The first-order valence-corrected chi connectivity index (χ1v) is 8.60. The fourth-order valence-corrected chi connectivity index (χ4v) is 3.33. The zero-order valence-electron chi connectivity index (χ0n) is 15.4. The van der Waals surface area contributed by atoms with E-state index in [9.17, 15) is 18.0 Å². The van der Waals surface area contributed by atoms with E-state index in [0.717, 1.165) is 6.07 Å². The molecule has 3 rings (SSSR count). The predicted octanol–water partition coefficient (Wildman–Crippen LogP) is 2.52. The fourth-order valence-electron chi connectivity index (χ4n) is 3.33. The van der Waals surface area contributed by atoms with Gasteiger partial charge in [0.05, 0.1) is 24.0 Å². The molecule has 0 fully saturated rings. The number of anilines is 1. The maximum absolute atomic E-state index is 13.2. The van der Waals surface area contributed by atoms with Crippen molar-refractivity contribution in [3.63, 3.8) is 0 Å². The van der Waals surface area contributed by atoms with E-state index < -0.39 is 17.6 Å². The lowest BCUT2D eigenvalue weighted by atomic mass is 9.98. The number of carbonyl (C=O) groups excluding carboxylic acids is 1. The maximum atomic E-state index is 13.2. The third-order valence-corrected chi connectivity index (χ3v) is 4.90. The number of aromatic nitrogens is 2. The number of nitrogens with zero attached hydrogens (tertiary/aromatic N) is 3. The van der Waals surface area contributed by atoms with Crippen LogP contribution in [0.1, 0.15) is 34.8 Å². The third kappa shape index (κ3) is 3.55. The Labute approximate surface area is 159 Å². The normalized spacial score (nSPS) is 17.8. The monoisotopic (exact) mass is 394 g/mol. The molecule has 7 nitrogen and oxygen atoms in total. The Bertz CT molecular complexity index is 907. The van der Waals surface area contributed by atoms with Crippen LogP contribution >= 0.6 is 0 Å². The van der Waals surface area contributed by atoms with Crippen LogP contribution in [0, 0.1) is 6.92 Å². The Balaban J connectivity index is 1.89. The largest absolute Gasteiger partial charge is 0.416 e. The number of aromatic amines is 1. The summed E-state index contributed by atoms with van der Waals surface area (Å²) >= 11 is 0. The summed E-state index contributed by atoms with van der Waals surface area (Å²) in [7, 11) is 0. The Morgan fingerprint density at radius 1 is 1.36 bits per heavy atom. The molecular formula is C18H21F3N6O. The van der Waals surface area contributed by atoms with Gasteiger partial charge >= 0.3 is 6.18 Å². The van der Waals surface area contributed by atoms with Gasteiger partial charge in [-0.3, -0.25) is 14.9 Å². The predicted molar refractivity (Wildman–Crippen MR) is 97.8 cm³/mol. The van der Waals surface area contributed by atoms with Crippen LogP contribution in [0.15, 0.2) is 41.9 Å². The Morgan fingerprint density at radius 2 is 2.07 bits per heavy atom. The fraction of sp³-hybridized carbons (Fsp3) is 0.333.